The maximum absolute atomic E-state index is 13.5. The van der Waals surface area contributed by atoms with Gasteiger partial charge in [-0.1, -0.05) is 12.1 Å². The molecule has 27 heavy (non-hydrogen) atoms. The van der Waals surface area contributed by atoms with Crippen molar-refractivity contribution in [2.45, 2.75) is 25.3 Å². The van der Waals surface area contributed by atoms with Crippen molar-refractivity contribution in [3.63, 3.8) is 0 Å². The number of piperazine rings is 1. The molecule has 1 aromatic carbocycles. The molecule has 140 valence electrons. The average molecular weight is 367 g/mol. The molecule has 2 aliphatic rings. The Morgan fingerprint density at radius 3 is 2.67 bits per heavy atom. The molecular formula is C20H22FN5O. The summed E-state index contributed by atoms with van der Waals surface area (Å²) in [6.45, 7) is 5.57. The second kappa shape index (κ2) is 6.33. The number of hydrogen-bond acceptors (Lipinski definition) is 5. The van der Waals surface area contributed by atoms with Crippen molar-refractivity contribution in [1.82, 2.24) is 14.9 Å². The number of fused-ring (bicyclic) bond motifs is 1. The number of anilines is 1. The van der Waals surface area contributed by atoms with Crippen molar-refractivity contribution in [3.8, 4) is 0 Å². The average Bonchev–Trinajstić information content (AvgIpc) is 2.96. The number of halogens is 1. The third-order valence-electron chi connectivity index (χ3n) is 5.68. The Hall–Kier alpha value is -2.96. The van der Waals surface area contributed by atoms with Crippen molar-refractivity contribution in [3.05, 3.63) is 59.5 Å². The lowest BCUT2D eigenvalue weighted by Crippen LogP contribution is -2.58. The van der Waals surface area contributed by atoms with E-state index >= 15 is 0 Å². The highest BCUT2D eigenvalue weighted by Gasteiger charge is 2.51. The summed E-state index contributed by atoms with van der Waals surface area (Å²) < 4.78 is 13.5. The number of benzene rings is 1. The molecule has 4 rings (SSSR count). The van der Waals surface area contributed by atoms with Crippen molar-refractivity contribution in [1.29, 1.82) is 0 Å². The molecule has 1 fully saturated rings. The number of rotatable bonds is 2. The number of nitrogen functional groups attached to an aromatic ring is 1. The quantitative estimate of drug-likeness (QED) is 0.881. The van der Waals surface area contributed by atoms with Crippen LogP contribution in [0.3, 0.4) is 0 Å². The molecule has 1 saturated heterocycles. The van der Waals surface area contributed by atoms with E-state index < -0.39 is 5.41 Å². The van der Waals surface area contributed by atoms with E-state index in [0.717, 1.165) is 16.8 Å². The Morgan fingerprint density at radius 1 is 1.26 bits per heavy atom. The highest BCUT2D eigenvalue weighted by Crippen LogP contribution is 2.42. The summed E-state index contributed by atoms with van der Waals surface area (Å²) in [5, 5.41) is 6.94. The maximum Gasteiger partial charge on any atom is 0.219 e. The van der Waals surface area contributed by atoms with E-state index in [1.165, 1.54) is 12.1 Å². The summed E-state index contributed by atoms with van der Waals surface area (Å²) >= 11 is 0. The van der Waals surface area contributed by atoms with Crippen LogP contribution >= 0.6 is 0 Å². The molecule has 2 atom stereocenters. The van der Waals surface area contributed by atoms with Gasteiger partial charge in [-0.2, -0.15) is 5.10 Å². The molecule has 0 radical (unpaired) electrons. The molecule has 2 aliphatic heterocycles. The molecule has 2 aromatic rings. The molecule has 2 N–H and O–H groups in total. The lowest BCUT2D eigenvalue weighted by Gasteiger charge is -2.43. The number of aromatic nitrogens is 1. The van der Waals surface area contributed by atoms with Crippen molar-refractivity contribution in [2.24, 2.45) is 5.10 Å². The van der Waals surface area contributed by atoms with Gasteiger partial charge in [-0.15, -0.1) is 0 Å². The molecule has 3 heterocycles. The van der Waals surface area contributed by atoms with Crippen LogP contribution in [0.25, 0.3) is 0 Å². The lowest BCUT2D eigenvalue weighted by atomic mass is 9.70. The Balaban J connectivity index is 1.84. The Morgan fingerprint density at radius 2 is 2.00 bits per heavy atom. The SMILES string of the molecule is CC(=O)N1CCN2N=C(c3ccc(F)cc3)C(C)(c3ccnc(N)c3)C2C1. The first-order chi connectivity index (χ1) is 12.9. The lowest BCUT2D eigenvalue weighted by molar-refractivity contribution is -0.132. The van der Waals surface area contributed by atoms with Gasteiger partial charge >= 0.3 is 0 Å². The Kier molecular flexibility index (Phi) is 4.09. The molecule has 7 heteroatoms. The van der Waals surface area contributed by atoms with Crippen LogP contribution in [-0.4, -0.2) is 52.2 Å². The molecular weight excluding hydrogens is 345 g/mol. The van der Waals surface area contributed by atoms with Gasteiger partial charge in [-0.05, 0) is 42.3 Å². The summed E-state index contributed by atoms with van der Waals surface area (Å²) in [5.74, 6) is 0.207. The maximum atomic E-state index is 13.5. The van der Waals surface area contributed by atoms with Gasteiger partial charge < -0.3 is 10.6 Å². The van der Waals surface area contributed by atoms with Gasteiger partial charge in [-0.25, -0.2) is 9.37 Å². The van der Waals surface area contributed by atoms with Crippen LogP contribution in [0.2, 0.25) is 0 Å². The fourth-order valence-corrected chi connectivity index (χ4v) is 4.12. The molecule has 2 unspecified atom stereocenters. The van der Waals surface area contributed by atoms with Crippen LogP contribution in [0, 0.1) is 5.82 Å². The van der Waals surface area contributed by atoms with Gasteiger partial charge in [0.05, 0.1) is 23.7 Å². The third kappa shape index (κ3) is 2.83. The standard InChI is InChI=1S/C20H22FN5O/c1-13(27)25-9-10-26-17(12-25)20(2,15-7-8-23-18(22)11-15)19(24-26)14-3-5-16(21)6-4-14/h3-8,11,17H,9-10,12H2,1-2H3,(H2,22,23). The van der Waals surface area contributed by atoms with Crippen LogP contribution < -0.4 is 5.73 Å². The van der Waals surface area contributed by atoms with Crippen LogP contribution in [0.1, 0.15) is 25.0 Å². The second-order valence-electron chi connectivity index (χ2n) is 7.27. The summed E-state index contributed by atoms with van der Waals surface area (Å²) in [4.78, 5) is 17.9. The van der Waals surface area contributed by atoms with E-state index in [1.54, 1.807) is 25.3 Å². The predicted octanol–water partition coefficient (Wildman–Crippen LogP) is 2.01. The first-order valence-corrected chi connectivity index (χ1v) is 8.99. The molecule has 0 spiro atoms. The zero-order valence-corrected chi connectivity index (χ0v) is 15.4. The first kappa shape index (κ1) is 17.5. The topological polar surface area (TPSA) is 74.8 Å². The predicted molar refractivity (Wildman–Crippen MR) is 102 cm³/mol. The van der Waals surface area contributed by atoms with E-state index in [0.29, 0.717) is 25.5 Å². The first-order valence-electron chi connectivity index (χ1n) is 8.99. The fraction of sp³-hybridized carbons (Fsp3) is 0.350. The number of nitrogens with two attached hydrogens (primary N) is 1. The largest absolute Gasteiger partial charge is 0.384 e. The summed E-state index contributed by atoms with van der Waals surface area (Å²) in [6, 6.07) is 10.1. The van der Waals surface area contributed by atoms with Gasteiger partial charge in [0.1, 0.15) is 11.6 Å². The van der Waals surface area contributed by atoms with Gasteiger partial charge in [-0.3, -0.25) is 9.80 Å². The number of pyridine rings is 1. The zero-order chi connectivity index (χ0) is 19.2. The van der Waals surface area contributed by atoms with Crippen LogP contribution in [0.15, 0.2) is 47.7 Å². The smallest absolute Gasteiger partial charge is 0.219 e. The number of carbonyl (C=O) groups is 1. The monoisotopic (exact) mass is 367 g/mol. The van der Waals surface area contributed by atoms with Crippen LogP contribution in [-0.2, 0) is 10.2 Å². The molecule has 0 saturated carbocycles. The van der Waals surface area contributed by atoms with Gasteiger partial charge in [0, 0.05) is 26.2 Å². The van der Waals surface area contributed by atoms with E-state index in [2.05, 4.69) is 16.9 Å². The number of amides is 1. The van der Waals surface area contributed by atoms with Crippen molar-refractivity contribution in [2.75, 3.05) is 25.4 Å². The summed E-state index contributed by atoms with van der Waals surface area (Å²) in [6.07, 6.45) is 1.69. The zero-order valence-electron chi connectivity index (χ0n) is 15.4. The molecule has 0 bridgehead atoms. The third-order valence-corrected chi connectivity index (χ3v) is 5.68. The van der Waals surface area contributed by atoms with Gasteiger partial charge in [0.15, 0.2) is 0 Å². The van der Waals surface area contributed by atoms with Crippen LogP contribution in [0.5, 0.6) is 0 Å². The highest BCUT2D eigenvalue weighted by molar-refractivity contribution is 6.09. The summed E-state index contributed by atoms with van der Waals surface area (Å²) in [7, 11) is 0. The Labute approximate surface area is 157 Å². The Bertz CT molecular complexity index is 913. The van der Waals surface area contributed by atoms with Gasteiger partial charge in [0.2, 0.25) is 5.91 Å². The molecule has 6 nitrogen and oxygen atoms in total. The minimum Gasteiger partial charge on any atom is -0.384 e. The molecule has 0 aliphatic carbocycles. The minimum atomic E-state index is -0.511. The van der Waals surface area contributed by atoms with E-state index in [-0.39, 0.29) is 17.8 Å². The number of hydrazone groups is 1. The summed E-state index contributed by atoms with van der Waals surface area (Å²) in [5.41, 5.74) is 8.14. The molecule has 1 amide bonds. The van der Waals surface area contributed by atoms with E-state index in [4.69, 9.17) is 10.8 Å². The number of nitrogens with zero attached hydrogens (tertiary/aromatic N) is 4. The van der Waals surface area contributed by atoms with E-state index in [1.807, 2.05) is 17.0 Å². The van der Waals surface area contributed by atoms with Crippen molar-refractivity contribution >= 4 is 17.4 Å². The van der Waals surface area contributed by atoms with Crippen molar-refractivity contribution < 1.29 is 9.18 Å². The van der Waals surface area contributed by atoms with E-state index in [9.17, 15) is 9.18 Å². The fourth-order valence-electron chi connectivity index (χ4n) is 4.12. The minimum absolute atomic E-state index is 0.0306. The highest BCUT2D eigenvalue weighted by atomic mass is 19.1. The normalized spacial score (nSPS) is 24.6. The molecule has 1 aromatic heterocycles. The second-order valence-corrected chi connectivity index (χ2v) is 7.27. The number of carbonyl (C=O) groups excluding carboxylic acids is 1. The van der Waals surface area contributed by atoms with Crippen LogP contribution in [0.4, 0.5) is 10.2 Å². The van der Waals surface area contributed by atoms with Gasteiger partial charge in [0.25, 0.3) is 0 Å². The number of hydrogen-bond donors (Lipinski definition) is 1.